The molecule has 28 heavy (non-hydrogen) atoms. The van der Waals surface area contributed by atoms with Crippen LogP contribution in [0.15, 0.2) is 103 Å². The minimum absolute atomic E-state index is 0.498. The SMILES string of the molecule is [2H]/C(CCCCC)=C(\[2H])CC[P+](c1ccccc1)(c1ccccc1)c1ccccc1. The van der Waals surface area contributed by atoms with Crippen molar-refractivity contribution in [3.63, 3.8) is 0 Å². The molecule has 0 saturated carbocycles. The van der Waals surface area contributed by atoms with E-state index in [4.69, 9.17) is 2.74 Å². The maximum Gasteiger partial charge on any atom is 0.112 e. The monoisotopic (exact) mass is 389 g/mol. The van der Waals surface area contributed by atoms with E-state index in [0.29, 0.717) is 18.5 Å². The van der Waals surface area contributed by atoms with Crippen LogP contribution in [0.25, 0.3) is 0 Å². The third-order valence-electron chi connectivity index (χ3n) is 5.19. The minimum Gasteiger partial charge on any atom is -0.0884 e. The summed E-state index contributed by atoms with van der Waals surface area (Å²) in [5.74, 6) is 0. The molecule has 3 rings (SSSR count). The number of rotatable bonds is 10. The second-order valence-electron chi connectivity index (χ2n) is 7.10. The van der Waals surface area contributed by atoms with Crippen LogP contribution in [0.3, 0.4) is 0 Å². The lowest BCUT2D eigenvalue weighted by atomic mass is 10.2. The lowest BCUT2D eigenvalue weighted by molar-refractivity contribution is 0.728. The average Bonchev–Trinajstić information content (AvgIpc) is 2.81. The van der Waals surface area contributed by atoms with Crippen molar-refractivity contribution < 1.29 is 2.74 Å². The third-order valence-corrected chi connectivity index (χ3v) is 9.63. The lowest BCUT2D eigenvalue weighted by Crippen LogP contribution is -2.33. The molecule has 0 bridgehead atoms. The zero-order valence-corrected chi connectivity index (χ0v) is 17.7. The fourth-order valence-electron chi connectivity index (χ4n) is 3.75. The first-order chi connectivity index (χ1) is 14.7. The van der Waals surface area contributed by atoms with Crippen molar-refractivity contribution in [1.82, 2.24) is 0 Å². The summed E-state index contributed by atoms with van der Waals surface area (Å²) in [6.07, 6.45) is 5.52. The Bertz CT molecular complexity index is 824. The molecule has 0 amide bonds. The molecular formula is C27H32P+. The predicted molar refractivity (Wildman–Crippen MR) is 128 cm³/mol. The van der Waals surface area contributed by atoms with E-state index in [0.717, 1.165) is 31.8 Å². The normalized spacial score (nSPS) is 13.5. The molecule has 0 spiro atoms. The highest BCUT2D eigenvalue weighted by Gasteiger charge is 2.44. The summed E-state index contributed by atoms with van der Waals surface area (Å²) in [6, 6.07) is 33.4. The Balaban J connectivity index is 2.05. The number of benzene rings is 3. The average molecular weight is 390 g/mol. The Morgan fingerprint density at radius 1 is 0.643 bits per heavy atom. The summed E-state index contributed by atoms with van der Waals surface area (Å²) in [5.41, 5.74) is 0. The molecule has 144 valence electrons. The van der Waals surface area contributed by atoms with Crippen molar-refractivity contribution in [3.8, 4) is 0 Å². The maximum absolute atomic E-state index is 8.59. The van der Waals surface area contributed by atoms with Crippen molar-refractivity contribution in [2.45, 2.75) is 39.0 Å². The van der Waals surface area contributed by atoms with Gasteiger partial charge in [-0.05, 0) is 49.2 Å². The van der Waals surface area contributed by atoms with E-state index >= 15 is 0 Å². The molecular weight excluding hydrogens is 355 g/mol. The molecule has 0 radical (unpaired) electrons. The van der Waals surface area contributed by atoms with Crippen LogP contribution >= 0.6 is 7.26 Å². The smallest absolute Gasteiger partial charge is 0.0884 e. The molecule has 0 saturated heterocycles. The Morgan fingerprint density at radius 2 is 1.07 bits per heavy atom. The molecule has 0 aromatic heterocycles. The van der Waals surface area contributed by atoms with Gasteiger partial charge in [0.05, 0.1) is 8.90 Å². The van der Waals surface area contributed by atoms with Gasteiger partial charge in [0.1, 0.15) is 23.2 Å². The molecule has 3 aromatic rings. The van der Waals surface area contributed by atoms with Gasteiger partial charge in [0.15, 0.2) is 0 Å². The third kappa shape index (κ3) is 5.00. The fraction of sp³-hybridized carbons (Fsp3) is 0.259. The van der Waals surface area contributed by atoms with Crippen LogP contribution in [-0.4, -0.2) is 6.16 Å². The molecule has 0 aliphatic heterocycles. The van der Waals surface area contributed by atoms with Gasteiger partial charge < -0.3 is 0 Å². The second-order valence-corrected chi connectivity index (χ2v) is 10.7. The zero-order chi connectivity index (χ0) is 21.2. The van der Waals surface area contributed by atoms with Crippen LogP contribution in [0, 0.1) is 0 Å². The van der Waals surface area contributed by atoms with E-state index in [1.165, 1.54) is 15.9 Å². The summed E-state index contributed by atoms with van der Waals surface area (Å²) in [6.45, 7) is 2.17. The quantitative estimate of drug-likeness (QED) is 0.211. The van der Waals surface area contributed by atoms with Gasteiger partial charge in [0.2, 0.25) is 0 Å². The lowest BCUT2D eigenvalue weighted by Gasteiger charge is -2.27. The molecule has 0 fully saturated rings. The van der Waals surface area contributed by atoms with Crippen LogP contribution in [0.4, 0.5) is 0 Å². The zero-order valence-electron chi connectivity index (χ0n) is 18.9. The van der Waals surface area contributed by atoms with Gasteiger partial charge in [0, 0.05) is 6.42 Å². The summed E-state index contributed by atoms with van der Waals surface area (Å²) in [4.78, 5) is 0. The molecule has 0 aliphatic rings. The van der Waals surface area contributed by atoms with Gasteiger partial charge in [-0.2, -0.15) is 0 Å². The summed E-state index contributed by atoms with van der Waals surface area (Å²) >= 11 is 0. The number of unbranched alkanes of at least 4 members (excludes halogenated alkanes) is 2. The first-order valence-corrected chi connectivity index (χ1v) is 12.4. The van der Waals surface area contributed by atoms with Gasteiger partial charge in [0.25, 0.3) is 0 Å². The first-order valence-electron chi connectivity index (χ1n) is 11.4. The first kappa shape index (κ1) is 17.9. The van der Waals surface area contributed by atoms with Crippen molar-refractivity contribution in [2.24, 2.45) is 0 Å². The molecule has 0 heterocycles. The Morgan fingerprint density at radius 3 is 1.50 bits per heavy atom. The Kier molecular flexibility index (Phi) is 7.02. The summed E-state index contributed by atoms with van der Waals surface area (Å²) in [7, 11) is -1.92. The number of allylic oxidation sites excluding steroid dienone is 2. The summed E-state index contributed by atoms with van der Waals surface area (Å²) in [5, 5.41) is 4.02. The summed E-state index contributed by atoms with van der Waals surface area (Å²) < 4.78 is 17.0. The van der Waals surface area contributed by atoms with Gasteiger partial charge in [-0.1, -0.05) is 86.5 Å². The topological polar surface area (TPSA) is 0 Å². The molecule has 1 heteroatoms. The van der Waals surface area contributed by atoms with E-state index in [9.17, 15) is 0 Å². The molecule has 0 atom stereocenters. The van der Waals surface area contributed by atoms with Gasteiger partial charge in [-0.15, -0.1) is 0 Å². The van der Waals surface area contributed by atoms with Crippen molar-refractivity contribution in [3.05, 3.63) is 103 Å². The van der Waals surface area contributed by atoms with Crippen molar-refractivity contribution >= 4 is 23.2 Å². The molecule has 0 aliphatic carbocycles. The van der Waals surface area contributed by atoms with Gasteiger partial charge >= 0.3 is 0 Å². The highest BCUT2D eigenvalue weighted by molar-refractivity contribution is 7.95. The Labute approximate surface area is 174 Å². The standard InChI is InChI=1S/C27H32P/c1-2-3-4-5-6-7-17-24-28(25-18-11-8-12-19-25,26-20-13-9-14-21-26)27-22-15-10-16-23-27/h6-16,18-23H,2-5,17,24H2,1H3/q+1/b7-6-/i6D,7D. The van der Waals surface area contributed by atoms with Crippen molar-refractivity contribution in [2.75, 3.05) is 6.16 Å². The number of hydrogen-bond acceptors (Lipinski definition) is 0. The van der Waals surface area contributed by atoms with E-state index in [2.05, 4.69) is 97.9 Å². The number of hydrogen-bond donors (Lipinski definition) is 0. The highest BCUT2D eigenvalue weighted by Crippen LogP contribution is 2.55. The van der Waals surface area contributed by atoms with Crippen molar-refractivity contribution in [1.29, 1.82) is 0 Å². The van der Waals surface area contributed by atoms with Crippen LogP contribution in [0.5, 0.6) is 0 Å². The molecule has 0 unspecified atom stereocenters. The van der Waals surface area contributed by atoms with Gasteiger partial charge in [-0.3, -0.25) is 0 Å². The Hall–Kier alpha value is -2.17. The van der Waals surface area contributed by atoms with Crippen LogP contribution in [0.2, 0.25) is 0 Å². The second kappa shape index (κ2) is 11.0. The fourth-order valence-corrected chi connectivity index (χ4v) is 7.91. The van der Waals surface area contributed by atoms with Crippen LogP contribution in [-0.2, 0) is 0 Å². The predicted octanol–water partition coefficient (Wildman–Crippen LogP) is 6.51. The van der Waals surface area contributed by atoms with Gasteiger partial charge in [-0.25, -0.2) is 0 Å². The maximum atomic E-state index is 8.59. The van der Waals surface area contributed by atoms with E-state index < -0.39 is 7.26 Å². The molecule has 0 nitrogen and oxygen atoms in total. The minimum atomic E-state index is -1.92. The largest absolute Gasteiger partial charge is 0.112 e. The van der Waals surface area contributed by atoms with E-state index in [1.807, 2.05) is 0 Å². The molecule has 3 aromatic carbocycles. The van der Waals surface area contributed by atoms with E-state index in [-0.39, 0.29) is 0 Å². The van der Waals surface area contributed by atoms with Crippen LogP contribution < -0.4 is 15.9 Å². The molecule has 0 N–H and O–H groups in total. The van der Waals surface area contributed by atoms with Crippen LogP contribution in [0.1, 0.15) is 41.8 Å². The van der Waals surface area contributed by atoms with E-state index in [1.54, 1.807) is 0 Å². The highest BCUT2D eigenvalue weighted by atomic mass is 31.2.